The summed E-state index contributed by atoms with van der Waals surface area (Å²) >= 11 is 3.54. The van der Waals surface area contributed by atoms with E-state index in [0.29, 0.717) is 17.9 Å². The van der Waals surface area contributed by atoms with Gasteiger partial charge in [0.2, 0.25) is 0 Å². The van der Waals surface area contributed by atoms with Crippen LogP contribution in [0.1, 0.15) is 10.4 Å². The van der Waals surface area contributed by atoms with Gasteiger partial charge in [0.05, 0.1) is 11.6 Å². The summed E-state index contributed by atoms with van der Waals surface area (Å²) in [7, 11) is 0. The number of hydrogen-bond acceptors (Lipinski definition) is 5. The largest absolute Gasteiger partial charge is 0.484 e. The van der Waals surface area contributed by atoms with E-state index in [2.05, 4.69) is 16.8 Å². The lowest BCUT2D eigenvalue weighted by atomic mass is 10.2. The van der Waals surface area contributed by atoms with Crippen molar-refractivity contribution in [3.8, 4) is 11.8 Å². The van der Waals surface area contributed by atoms with Crippen molar-refractivity contribution in [1.29, 1.82) is 5.26 Å². The molecule has 1 N–H and O–H groups in total. The van der Waals surface area contributed by atoms with Crippen LogP contribution in [0.4, 0.5) is 0 Å². The van der Waals surface area contributed by atoms with Crippen molar-refractivity contribution in [3.63, 3.8) is 0 Å². The predicted molar refractivity (Wildman–Crippen MR) is 90.1 cm³/mol. The summed E-state index contributed by atoms with van der Waals surface area (Å²) in [5.41, 5.74) is 0.517. The van der Waals surface area contributed by atoms with Crippen molar-refractivity contribution >= 4 is 29.0 Å². The molecular weight excluding hydrogens is 316 g/mol. The number of thiophene rings is 1. The number of nitrogens with one attached hydrogen (secondary N) is 1. The van der Waals surface area contributed by atoms with Crippen LogP contribution in [-0.2, 0) is 10.5 Å². The molecule has 1 amide bonds. The van der Waals surface area contributed by atoms with Gasteiger partial charge in [-0.1, -0.05) is 12.1 Å². The summed E-state index contributed by atoms with van der Waals surface area (Å²) in [6.45, 7) is 0.584. The molecule has 0 aliphatic rings. The molecule has 1 aromatic carbocycles. The SMILES string of the molecule is N#Cc1cccc(OCC(=O)NCCSCc2cccs2)c1. The second kappa shape index (κ2) is 9.13. The first-order valence-corrected chi connectivity index (χ1v) is 8.81. The van der Waals surface area contributed by atoms with Crippen LogP contribution in [0.25, 0.3) is 0 Å². The first kappa shape index (κ1) is 16.4. The summed E-state index contributed by atoms with van der Waals surface area (Å²) in [5.74, 6) is 2.22. The highest BCUT2D eigenvalue weighted by Gasteiger charge is 2.03. The van der Waals surface area contributed by atoms with Crippen molar-refractivity contribution in [2.24, 2.45) is 0 Å². The molecule has 0 spiro atoms. The minimum Gasteiger partial charge on any atom is -0.484 e. The van der Waals surface area contributed by atoms with Crippen LogP contribution in [0.3, 0.4) is 0 Å². The highest BCUT2D eigenvalue weighted by Crippen LogP contribution is 2.16. The van der Waals surface area contributed by atoms with Crippen LogP contribution in [0.2, 0.25) is 0 Å². The lowest BCUT2D eigenvalue weighted by Crippen LogP contribution is -2.30. The van der Waals surface area contributed by atoms with Crippen molar-refractivity contribution in [1.82, 2.24) is 5.32 Å². The Labute approximate surface area is 138 Å². The van der Waals surface area contributed by atoms with E-state index in [9.17, 15) is 4.79 Å². The van der Waals surface area contributed by atoms with Crippen LogP contribution in [-0.4, -0.2) is 24.8 Å². The van der Waals surface area contributed by atoms with Crippen LogP contribution in [0, 0.1) is 11.3 Å². The van der Waals surface area contributed by atoms with Gasteiger partial charge in [-0.3, -0.25) is 4.79 Å². The molecule has 0 radical (unpaired) electrons. The van der Waals surface area contributed by atoms with E-state index in [1.165, 1.54) is 4.88 Å². The van der Waals surface area contributed by atoms with Gasteiger partial charge >= 0.3 is 0 Å². The van der Waals surface area contributed by atoms with E-state index < -0.39 is 0 Å². The Balaban J connectivity index is 1.58. The number of ether oxygens (including phenoxy) is 1. The Morgan fingerprint density at radius 1 is 1.36 bits per heavy atom. The molecule has 1 heterocycles. The third kappa shape index (κ3) is 5.80. The fourth-order valence-corrected chi connectivity index (χ4v) is 3.38. The second-order valence-corrected chi connectivity index (χ2v) is 6.55. The molecule has 0 saturated heterocycles. The second-order valence-electron chi connectivity index (χ2n) is 4.41. The third-order valence-electron chi connectivity index (χ3n) is 2.73. The fraction of sp³-hybridized carbons (Fsp3) is 0.250. The first-order chi connectivity index (χ1) is 10.8. The van der Waals surface area contributed by atoms with Crippen molar-refractivity contribution < 1.29 is 9.53 Å². The van der Waals surface area contributed by atoms with Gasteiger partial charge in [0.25, 0.3) is 5.91 Å². The van der Waals surface area contributed by atoms with Crippen molar-refractivity contribution in [2.45, 2.75) is 5.75 Å². The summed E-state index contributed by atoms with van der Waals surface area (Å²) in [4.78, 5) is 13.0. The van der Waals surface area contributed by atoms with Gasteiger partial charge in [-0.2, -0.15) is 17.0 Å². The van der Waals surface area contributed by atoms with E-state index in [-0.39, 0.29) is 12.5 Å². The van der Waals surface area contributed by atoms with Gasteiger partial charge in [0.15, 0.2) is 6.61 Å². The molecule has 0 unspecified atom stereocenters. The Morgan fingerprint density at radius 3 is 3.05 bits per heavy atom. The fourth-order valence-electron chi connectivity index (χ4n) is 1.69. The number of carbonyl (C=O) groups excluding carboxylic acids is 1. The van der Waals surface area contributed by atoms with E-state index in [4.69, 9.17) is 10.00 Å². The maximum Gasteiger partial charge on any atom is 0.257 e. The molecule has 0 bridgehead atoms. The third-order valence-corrected chi connectivity index (χ3v) is 4.79. The number of nitrogens with zero attached hydrogens (tertiary/aromatic N) is 1. The molecule has 114 valence electrons. The topological polar surface area (TPSA) is 62.1 Å². The quantitative estimate of drug-likeness (QED) is 0.755. The number of benzene rings is 1. The van der Waals surface area contributed by atoms with Crippen LogP contribution in [0.5, 0.6) is 5.75 Å². The molecule has 4 nitrogen and oxygen atoms in total. The van der Waals surface area contributed by atoms with Crippen molar-refractivity contribution in [2.75, 3.05) is 18.9 Å². The molecule has 0 saturated carbocycles. The lowest BCUT2D eigenvalue weighted by Gasteiger charge is -2.07. The molecule has 2 rings (SSSR count). The van der Waals surface area contributed by atoms with Gasteiger partial charge in [0, 0.05) is 22.9 Å². The standard InChI is InChI=1S/C16H16N2O2S2/c17-10-13-3-1-4-14(9-13)20-11-16(19)18-6-8-21-12-15-5-2-7-22-15/h1-5,7,9H,6,8,11-12H2,(H,18,19). The molecule has 0 aliphatic heterocycles. The molecule has 1 aromatic heterocycles. The number of hydrogen-bond donors (Lipinski definition) is 1. The first-order valence-electron chi connectivity index (χ1n) is 6.78. The van der Waals surface area contributed by atoms with E-state index in [0.717, 1.165) is 11.5 Å². The van der Waals surface area contributed by atoms with Crippen LogP contribution < -0.4 is 10.1 Å². The average Bonchev–Trinajstić information content (AvgIpc) is 3.06. The Bertz CT molecular complexity index is 636. The van der Waals surface area contributed by atoms with Crippen LogP contribution >= 0.6 is 23.1 Å². The summed E-state index contributed by atoms with van der Waals surface area (Å²) in [6.07, 6.45) is 0. The lowest BCUT2D eigenvalue weighted by molar-refractivity contribution is -0.122. The number of carbonyl (C=O) groups is 1. The van der Waals surface area contributed by atoms with Gasteiger partial charge in [-0.05, 0) is 29.6 Å². The Hall–Kier alpha value is -1.97. The summed E-state index contributed by atoms with van der Waals surface area (Å²) < 4.78 is 5.36. The molecule has 6 heteroatoms. The minimum absolute atomic E-state index is 0.0372. The maximum atomic E-state index is 11.7. The maximum absolute atomic E-state index is 11.7. The van der Waals surface area contributed by atoms with E-state index in [1.807, 2.05) is 12.1 Å². The van der Waals surface area contributed by atoms with E-state index >= 15 is 0 Å². The minimum atomic E-state index is -0.154. The molecule has 2 aromatic rings. The highest BCUT2D eigenvalue weighted by atomic mass is 32.2. The molecular formula is C16H16N2O2S2. The molecule has 0 atom stereocenters. The number of nitriles is 1. The summed E-state index contributed by atoms with van der Waals surface area (Å²) in [5, 5.41) is 13.7. The zero-order valence-corrected chi connectivity index (χ0v) is 13.6. The van der Waals surface area contributed by atoms with Gasteiger partial charge < -0.3 is 10.1 Å². The van der Waals surface area contributed by atoms with E-state index in [1.54, 1.807) is 47.4 Å². The van der Waals surface area contributed by atoms with Gasteiger partial charge in [-0.25, -0.2) is 0 Å². The summed E-state index contributed by atoms with van der Waals surface area (Å²) in [6, 6.07) is 12.9. The van der Waals surface area contributed by atoms with Gasteiger partial charge in [-0.15, -0.1) is 11.3 Å². The normalized spacial score (nSPS) is 9.95. The monoisotopic (exact) mass is 332 g/mol. The average molecular weight is 332 g/mol. The van der Waals surface area contributed by atoms with Crippen molar-refractivity contribution in [3.05, 3.63) is 52.2 Å². The number of rotatable bonds is 8. The smallest absolute Gasteiger partial charge is 0.257 e. The molecule has 0 fully saturated rings. The molecule has 22 heavy (non-hydrogen) atoms. The Kier molecular flexibility index (Phi) is 6.81. The predicted octanol–water partition coefficient (Wildman–Crippen LogP) is 3.05. The number of thioether (sulfide) groups is 1. The zero-order chi connectivity index (χ0) is 15.6. The number of amides is 1. The zero-order valence-electron chi connectivity index (χ0n) is 12.0. The van der Waals surface area contributed by atoms with Crippen LogP contribution in [0.15, 0.2) is 41.8 Å². The molecule has 0 aliphatic carbocycles. The highest BCUT2D eigenvalue weighted by molar-refractivity contribution is 7.98. The Morgan fingerprint density at radius 2 is 2.27 bits per heavy atom. The van der Waals surface area contributed by atoms with Gasteiger partial charge in [0.1, 0.15) is 5.75 Å².